The van der Waals surface area contributed by atoms with Crippen LogP contribution in [0.25, 0.3) is 0 Å². The number of hydrogen-bond acceptors (Lipinski definition) is 5. The number of hydrogen-bond donors (Lipinski definition) is 1. The van der Waals surface area contributed by atoms with Crippen molar-refractivity contribution in [3.05, 3.63) is 56.2 Å². The van der Waals surface area contributed by atoms with Crippen molar-refractivity contribution in [2.24, 2.45) is 5.92 Å². The Bertz CT molecular complexity index is 806. The number of carbonyl (C=O) groups is 3. The van der Waals surface area contributed by atoms with Crippen molar-refractivity contribution in [1.82, 2.24) is 5.32 Å². The van der Waals surface area contributed by atoms with E-state index in [0.717, 1.165) is 0 Å². The molecule has 8 heteroatoms. The van der Waals surface area contributed by atoms with E-state index in [0.29, 0.717) is 9.90 Å². The molecule has 1 amide bonds. The fourth-order valence-electron chi connectivity index (χ4n) is 2.13. The number of Topliss-reactive ketones (excluding diaryl/α,β-unsaturated/α-hetero) is 1. The fourth-order valence-corrected chi connectivity index (χ4v) is 3.27. The van der Waals surface area contributed by atoms with Crippen LogP contribution in [0.2, 0.25) is 10.0 Å². The van der Waals surface area contributed by atoms with Crippen molar-refractivity contribution in [3.63, 3.8) is 0 Å². The summed E-state index contributed by atoms with van der Waals surface area (Å²) in [6.07, 6.45) is 0. The minimum absolute atomic E-state index is 0.179. The highest BCUT2D eigenvalue weighted by atomic mass is 35.5. The molecule has 26 heavy (non-hydrogen) atoms. The molecule has 1 aromatic carbocycles. The normalized spacial score (nSPS) is 11.9. The molecule has 0 radical (unpaired) electrons. The molecule has 0 aliphatic rings. The van der Waals surface area contributed by atoms with Crippen LogP contribution in [0.1, 0.15) is 33.9 Å². The van der Waals surface area contributed by atoms with Crippen molar-refractivity contribution in [1.29, 1.82) is 0 Å². The molecule has 1 N–H and O–H groups in total. The van der Waals surface area contributed by atoms with Crippen LogP contribution in [0.15, 0.2) is 35.7 Å². The average molecular weight is 414 g/mol. The van der Waals surface area contributed by atoms with E-state index in [4.69, 9.17) is 27.9 Å². The number of ketones is 1. The largest absolute Gasteiger partial charge is 0.456 e. The Hall–Kier alpha value is -1.89. The molecule has 1 atom stereocenters. The van der Waals surface area contributed by atoms with Gasteiger partial charge < -0.3 is 10.1 Å². The van der Waals surface area contributed by atoms with Gasteiger partial charge in [-0.25, -0.2) is 4.79 Å². The monoisotopic (exact) mass is 413 g/mol. The van der Waals surface area contributed by atoms with Gasteiger partial charge in [-0.15, -0.1) is 11.3 Å². The van der Waals surface area contributed by atoms with Crippen LogP contribution in [0, 0.1) is 5.92 Å². The fraction of sp³-hybridized carbons (Fsp3) is 0.278. The molecule has 1 aromatic heterocycles. The number of rotatable bonds is 7. The minimum atomic E-state index is -0.912. The van der Waals surface area contributed by atoms with E-state index in [2.05, 4.69) is 5.32 Å². The lowest BCUT2D eigenvalue weighted by molar-refractivity contribution is -0.145. The third-order valence-corrected chi connectivity index (χ3v) is 4.98. The average Bonchev–Trinajstić information content (AvgIpc) is 3.11. The van der Waals surface area contributed by atoms with Gasteiger partial charge in [0.15, 0.2) is 6.61 Å². The van der Waals surface area contributed by atoms with Crippen molar-refractivity contribution in [2.45, 2.75) is 19.9 Å². The number of halogens is 2. The van der Waals surface area contributed by atoms with Gasteiger partial charge in [-0.3, -0.25) is 9.59 Å². The van der Waals surface area contributed by atoms with Crippen LogP contribution in [0.4, 0.5) is 0 Å². The quantitative estimate of drug-likeness (QED) is 0.544. The zero-order valence-corrected chi connectivity index (χ0v) is 16.5. The first-order valence-corrected chi connectivity index (χ1v) is 9.42. The highest BCUT2D eigenvalue weighted by Gasteiger charge is 2.27. The molecule has 0 bridgehead atoms. The molecule has 138 valence electrons. The second-order valence-corrected chi connectivity index (χ2v) is 7.62. The van der Waals surface area contributed by atoms with Gasteiger partial charge in [-0.05, 0) is 35.6 Å². The second-order valence-electron chi connectivity index (χ2n) is 5.83. The summed E-state index contributed by atoms with van der Waals surface area (Å²) in [4.78, 5) is 37.2. The van der Waals surface area contributed by atoms with Crippen molar-refractivity contribution < 1.29 is 19.1 Å². The summed E-state index contributed by atoms with van der Waals surface area (Å²) in [5, 5.41) is 4.95. The number of nitrogens with one attached hydrogen (secondary N) is 1. The van der Waals surface area contributed by atoms with Gasteiger partial charge >= 0.3 is 5.97 Å². The molecule has 2 rings (SSSR count). The first-order valence-electron chi connectivity index (χ1n) is 7.79. The first-order chi connectivity index (χ1) is 12.3. The molecule has 1 heterocycles. The van der Waals surface area contributed by atoms with Crippen molar-refractivity contribution in [3.8, 4) is 0 Å². The molecule has 2 aromatic rings. The van der Waals surface area contributed by atoms with Crippen LogP contribution >= 0.6 is 34.5 Å². The maximum atomic E-state index is 12.4. The highest BCUT2D eigenvalue weighted by Crippen LogP contribution is 2.21. The van der Waals surface area contributed by atoms with Gasteiger partial charge in [-0.2, -0.15) is 0 Å². The minimum Gasteiger partial charge on any atom is -0.456 e. The van der Waals surface area contributed by atoms with Gasteiger partial charge in [0.1, 0.15) is 6.04 Å². The molecule has 0 spiro atoms. The van der Waals surface area contributed by atoms with E-state index in [1.165, 1.54) is 29.5 Å². The summed E-state index contributed by atoms with van der Waals surface area (Å²) in [5.41, 5.74) is 0.198. The Kier molecular flexibility index (Phi) is 7.20. The summed E-state index contributed by atoms with van der Waals surface area (Å²) < 4.78 is 5.09. The van der Waals surface area contributed by atoms with Gasteiger partial charge in [0.2, 0.25) is 5.78 Å². The smallest absolute Gasteiger partial charge is 0.329 e. The van der Waals surface area contributed by atoms with Gasteiger partial charge in [0.05, 0.1) is 15.5 Å². The van der Waals surface area contributed by atoms with E-state index in [1.54, 1.807) is 31.4 Å². The first kappa shape index (κ1) is 20.4. The third-order valence-electron chi connectivity index (χ3n) is 3.52. The predicted octanol–water partition coefficient (Wildman–Crippen LogP) is 4.24. The van der Waals surface area contributed by atoms with Crippen LogP contribution in [0.5, 0.6) is 0 Å². The van der Waals surface area contributed by atoms with Crippen molar-refractivity contribution in [2.75, 3.05) is 6.61 Å². The maximum absolute atomic E-state index is 12.4. The standard InChI is InChI=1S/C18H17Cl2NO4S/c1-10(2)16(18(24)25-9-14(22)15-4-3-7-26-15)21-17(23)12-6-5-11(19)8-13(12)20/h3-8,10,16H,9H2,1-2H3,(H,21,23)/t16-/m0/s1. The number of amides is 1. The number of carbonyl (C=O) groups excluding carboxylic acids is 3. The van der Waals surface area contributed by atoms with Crippen LogP contribution < -0.4 is 5.32 Å². The number of benzene rings is 1. The summed E-state index contributed by atoms with van der Waals surface area (Å²) in [7, 11) is 0. The lowest BCUT2D eigenvalue weighted by atomic mass is 10.0. The van der Waals surface area contributed by atoms with Crippen LogP contribution in [-0.4, -0.2) is 30.3 Å². The van der Waals surface area contributed by atoms with E-state index < -0.39 is 17.9 Å². The summed E-state index contributed by atoms with van der Waals surface area (Å²) >= 11 is 13.1. The zero-order valence-electron chi connectivity index (χ0n) is 14.1. The van der Waals surface area contributed by atoms with Gasteiger partial charge in [0.25, 0.3) is 5.91 Å². The number of ether oxygens (including phenoxy) is 1. The molecule has 0 aliphatic carbocycles. The Morgan fingerprint density at radius 1 is 1.19 bits per heavy atom. The molecule has 0 fully saturated rings. The summed E-state index contributed by atoms with van der Waals surface area (Å²) in [5.74, 6) is -1.73. The molecule has 0 aliphatic heterocycles. The lowest BCUT2D eigenvalue weighted by Crippen LogP contribution is -2.45. The Balaban J connectivity index is 2.02. The molecule has 0 saturated carbocycles. The SMILES string of the molecule is CC(C)[C@H](NC(=O)c1ccc(Cl)cc1Cl)C(=O)OCC(=O)c1cccs1. The number of esters is 1. The molecule has 5 nitrogen and oxygen atoms in total. The van der Waals surface area contributed by atoms with Crippen LogP contribution in [0.3, 0.4) is 0 Å². The Morgan fingerprint density at radius 2 is 1.92 bits per heavy atom. The van der Waals surface area contributed by atoms with E-state index in [-0.39, 0.29) is 28.9 Å². The molecular formula is C18H17Cl2NO4S. The second kappa shape index (κ2) is 9.16. The zero-order chi connectivity index (χ0) is 19.3. The summed E-state index contributed by atoms with van der Waals surface area (Å²) in [6.45, 7) is 3.15. The molecule has 0 saturated heterocycles. The van der Waals surface area contributed by atoms with Crippen molar-refractivity contribution >= 4 is 52.2 Å². The Labute approximate surface area is 165 Å². The highest BCUT2D eigenvalue weighted by molar-refractivity contribution is 7.12. The van der Waals surface area contributed by atoms with E-state index in [9.17, 15) is 14.4 Å². The van der Waals surface area contributed by atoms with E-state index in [1.807, 2.05) is 0 Å². The third kappa shape index (κ3) is 5.30. The van der Waals surface area contributed by atoms with Crippen LogP contribution in [-0.2, 0) is 9.53 Å². The van der Waals surface area contributed by atoms with E-state index >= 15 is 0 Å². The lowest BCUT2D eigenvalue weighted by Gasteiger charge is -2.21. The van der Waals surface area contributed by atoms with Gasteiger partial charge in [-0.1, -0.05) is 43.1 Å². The maximum Gasteiger partial charge on any atom is 0.329 e. The molecule has 0 unspecified atom stereocenters. The summed E-state index contributed by atoms with van der Waals surface area (Å²) in [6, 6.07) is 6.94. The number of thiophene rings is 1. The topological polar surface area (TPSA) is 72.5 Å². The predicted molar refractivity (Wildman–Crippen MR) is 102 cm³/mol. The Morgan fingerprint density at radius 3 is 2.50 bits per heavy atom. The van der Waals surface area contributed by atoms with Gasteiger partial charge in [0, 0.05) is 5.02 Å². The molecular weight excluding hydrogens is 397 g/mol.